The molecule has 0 aliphatic rings. The summed E-state index contributed by atoms with van der Waals surface area (Å²) in [6, 6.07) is 11.2. The molecule has 0 spiro atoms. The molecule has 142 valence electrons. The van der Waals surface area contributed by atoms with Crippen LogP contribution in [0.3, 0.4) is 0 Å². The van der Waals surface area contributed by atoms with Gasteiger partial charge in [0.2, 0.25) is 0 Å². The summed E-state index contributed by atoms with van der Waals surface area (Å²) >= 11 is 2.90. The Morgan fingerprint density at radius 3 is 2.50 bits per heavy atom. The van der Waals surface area contributed by atoms with E-state index in [-0.39, 0.29) is 11.3 Å². The lowest BCUT2D eigenvalue weighted by Gasteiger charge is -2.13. The SMILES string of the molecule is CC(C)(C)C(=O)/C=c1\s/c(=C\c2ccsc2)c(=O)n1Cc1ccc(C#N)cc1. The zero-order valence-electron chi connectivity index (χ0n) is 15.9. The predicted octanol–water partition coefficient (Wildman–Crippen LogP) is 3.12. The van der Waals surface area contributed by atoms with Gasteiger partial charge in [0.25, 0.3) is 5.56 Å². The molecule has 6 heteroatoms. The van der Waals surface area contributed by atoms with Crippen molar-refractivity contribution in [2.75, 3.05) is 0 Å². The first-order valence-corrected chi connectivity index (χ1v) is 10.5. The van der Waals surface area contributed by atoms with E-state index >= 15 is 0 Å². The van der Waals surface area contributed by atoms with Crippen molar-refractivity contribution in [1.29, 1.82) is 5.26 Å². The quantitative estimate of drug-likeness (QED) is 0.666. The Morgan fingerprint density at radius 2 is 1.93 bits per heavy atom. The lowest BCUT2D eigenvalue weighted by Crippen LogP contribution is -2.32. The summed E-state index contributed by atoms with van der Waals surface area (Å²) in [6.07, 6.45) is 3.43. The summed E-state index contributed by atoms with van der Waals surface area (Å²) in [4.78, 5) is 25.6. The second-order valence-electron chi connectivity index (χ2n) is 7.46. The van der Waals surface area contributed by atoms with E-state index in [2.05, 4.69) is 6.07 Å². The number of ketones is 1. The molecule has 0 amide bonds. The van der Waals surface area contributed by atoms with Gasteiger partial charge < -0.3 is 0 Å². The molecule has 0 unspecified atom stereocenters. The Hall–Kier alpha value is -2.75. The fraction of sp³-hybridized carbons (Fsp3) is 0.227. The fourth-order valence-corrected chi connectivity index (χ4v) is 4.16. The van der Waals surface area contributed by atoms with Gasteiger partial charge in [-0.05, 0) is 46.2 Å². The molecule has 0 radical (unpaired) electrons. The first-order valence-electron chi connectivity index (χ1n) is 8.77. The van der Waals surface area contributed by atoms with E-state index in [1.54, 1.807) is 34.1 Å². The number of Topliss-reactive ketones (excluding diaryl/α,β-unsaturated/α-hetero) is 1. The Morgan fingerprint density at radius 1 is 1.21 bits per heavy atom. The molecule has 0 saturated carbocycles. The molecule has 28 heavy (non-hydrogen) atoms. The third-order valence-corrected chi connectivity index (χ3v) is 5.96. The van der Waals surface area contributed by atoms with Crippen LogP contribution >= 0.6 is 22.7 Å². The van der Waals surface area contributed by atoms with E-state index in [4.69, 9.17) is 5.26 Å². The third-order valence-electron chi connectivity index (χ3n) is 4.19. The number of carbonyl (C=O) groups is 1. The van der Waals surface area contributed by atoms with Crippen LogP contribution in [0.1, 0.15) is 37.5 Å². The molecular formula is C22H20N2O2S2. The molecule has 0 fully saturated rings. The predicted molar refractivity (Wildman–Crippen MR) is 115 cm³/mol. The number of nitrogens with zero attached hydrogens (tertiary/aromatic N) is 2. The molecule has 1 aromatic carbocycles. The van der Waals surface area contributed by atoms with E-state index in [0.717, 1.165) is 11.1 Å². The van der Waals surface area contributed by atoms with Crippen molar-refractivity contribution in [3.05, 3.63) is 77.3 Å². The van der Waals surface area contributed by atoms with Gasteiger partial charge >= 0.3 is 0 Å². The molecular weight excluding hydrogens is 388 g/mol. The number of thiophene rings is 1. The lowest BCUT2D eigenvalue weighted by atomic mass is 9.91. The van der Waals surface area contributed by atoms with Crippen molar-refractivity contribution in [3.63, 3.8) is 0 Å². The summed E-state index contributed by atoms with van der Waals surface area (Å²) in [5.41, 5.74) is 1.81. The van der Waals surface area contributed by atoms with Crippen molar-refractivity contribution in [1.82, 2.24) is 4.57 Å². The Labute approximate surface area is 171 Å². The third kappa shape index (κ3) is 4.56. The number of benzene rings is 1. The molecule has 3 rings (SSSR count). The van der Waals surface area contributed by atoms with Gasteiger partial charge in [0, 0.05) is 11.5 Å². The van der Waals surface area contributed by atoms with Crippen molar-refractivity contribution in [2.24, 2.45) is 5.41 Å². The van der Waals surface area contributed by atoms with Gasteiger partial charge in [-0.2, -0.15) is 16.6 Å². The molecule has 0 atom stereocenters. The molecule has 3 aromatic rings. The summed E-state index contributed by atoms with van der Waals surface area (Å²) < 4.78 is 2.87. The van der Waals surface area contributed by atoms with Crippen LogP contribution in [0.5, 0.6) is 0 Å². The van der Waals surface area contributed by atoms with E-state index < -0.39 is 5.41 Å². The number of nitriles is 1. The zero-order valence-corrected chi connectivity index (χ0v) is 17.6. The van der Waals surface area contributed by atoms with Crippen molar-refractivity contribution in [3.8, 4) is 6.07 Å². The standard InChI is InChI=1S/C22H20N2O2S2/c1-22(2,3)19(25)11-20-24(13-16-6-4-15(12-23)5-7-16)21(26)18(28-20)10-17-8-9-27-14-17/h4-11,14H,13H2,1-3H3/b18-10-,20-11-. The molecule has 0 N–H and O–H groups in total. The molecule has 2 heterocycles. The van der Waals surface area contributed by atoms with Crippen LogP contribution in [-0.4, -0.2) is 10.4 Å². The Bertz CT molecular complexity index is 1200. The number of carbonyl (C=O) groups excluding carboxylic acids is 1. The van der Waals surface area contributed by atoms with Gasteiger partial charge in [-0.3, -0.25) is 14.2 Å². The molecule has 0 aliphatic heterocycles. The highest BCUT2D eigenvalue weighted by molar-refractivity contribution is 7.08. The maximum Gasteiger partial charge on any atom is 0.269 e. The lowest BCUT2D eigenvalue weighted by molar-refractivity contribution is -0.120. The highest BCUT2D eigenvalue weighted by Gasteiger charge is 2.19. The number of aromatic nitrogens is 1. The van der Waals surface area contributed by atoms with E-state index in [1.807, 2.05) is 55.8 Å². The van der Waals surface area contributed by atoms with Crippen molar-refractivity contribution in [2.45, 2.75) is 27.3 Å². The highest BCUT2D eigenvalue weighted by atomic mass is 32.1. The van der Waals surface area contributed by atoms with Crippen LogP contribution in [0.25, 0.3) is 12.2 Å². The van der Waals surface area contributed by atoms with Crippen LogP contribution in [0.2, 0.25) is 0 Å². The van der Waals surface area contributed by atoms with E-state index in [9.17, 15) is 9.59 Å². The van der Waals surface area contributed by atoms with Gasteiger partial charge in [-0.15, -0.1) is 11.3 Å². The number of thiazole rings is 1. The summed E-state index contributed by atoms with van der Waals surface area (Å²) in [6.45, 7) is 5.93. The minimum absolute atomic E-state index is 0.0237. The average Bonchev–Trinajstić information content (AvgIpc) is 3.26. The zero-order chi connectivity index (χ0) is 20.3. The van der Waals surface area contributed by atoms with E-state index in [1.165, 1.54) is 11.3 Å². The van der Waals surface area contributed by atoms with Gasteiger partial charge in [-0.1, -0.05) is 32.9 Å². The molecule has 0 saturated heterocycles. The molecule has 0 bridgehead atoms. The van der Waals surface area contributed by atoms with Crippen molar-refractivity contribution < 1.29 is 4.79 Å². The van der Waals surface area contributed by atoms with Crippen molar-refractivity contribution >= 4 is 40.6 Å². The van der Waals surface area contributed by atoms with E-state index in [0.29, 0.717) is 21.3 Å². The maximum atomic E-state index is 13.0. The minimum atomic E-state index is -0.517. The number of rotatable bonds is 4. The summed E-state index contributed by atoms with van der Waals surface area (Å²) in [5, 5.41) is 12.9. The first kappa shape index (κ1) is 20.0. The molecule has 4 nitrogen and oxygen atoms in total. The smallest absolute Gasteiger partial charge is 0.269 e. The number of hydrogen-bond donors (Lipinski definition) is 0. The molecule has 0 aliphatic carbocycles. The van der Waals surface area contributed by atoms with Crippen LogP contribution < -0.4 is 14.8 Å². The number of hydrogen-bond acceptors (Lipinski definition) is 5. The Balaban J connectivity index is 2.14. The normalized spacial score (nSPS) is 12.9. The second-order valence-corrected chi connectivity index (χ2v) is 9.31. The summed E-state index contributed by atoms with van der Waals surface area (Å²) in [5.74, 6) is -0.0237. The van der Waals surface area contributed by atoms with Gasteiger partial charge in [0.15, 0.2) is 5.78 Å². The van der Waals surface area contributed by atoms with Gasteiger partial charge in [-0.25, -0.2) is 0 Å². The van der Waals surface area contributed by atoms with Gasteiger partial charge in [0.1, 0.15) is 4.66 Å². The maximum absolute atomic E-state index is 13.0. The minimum Gasteiger partial charge on any atom is -0.294 e. The average molecular weight is 409 g/mol. The van der Waals surface area contributed by atoms with Crippen LogP contribution in [-0.2, 0) is 11.3 Å². The Kier molecular flexibility index (Phi) is 5.78. The molecule has 2 aromatic heterocycles. The van der Waals surface area contributed by atoms with Crippen LogP contribution in [0.15, 0.2) is 45.9 Å². The van der Waals surface area contributed by atoms with Gasteiger partial charge in [0.05, 0.1) is 22.7 Å². The van der Waals surface area contributed by atoms with Crippen LogP contribution in [0, 0.1) is 16.7 Å². The summed E-state index contributed by atoms with van der Waals surface area (Å²) in [7, 11) is 0. The monoisotopic (exact) mass is 408 g/mol. The van der Waals surface area contributed by atoms with Crippen LogP contribution in [0.4, 0.5) is 0 Å². The fourth-order valence-electron chi connectivity index (χ4n) is 2.50. The first-order chi connectivity index (χ1) is 13.3. The topological polar surface area (TPSA) is 62.9 Å². The highest BCUT2D eigenvalue weighted by Crippen LogP contribution is 2.15. The second kappa shape index (κ2) is 8.09. The largest absolute Gasteiger partial charge is 0.294 e.